The van der Waals surface area contributed by atoms with Crippen LogP contribution in [0.5, 0.6) is 0 Å². The van der Waals surface area contributed by atoms with Crippen LogP contribution >= 0.6 is 0 Å². The predicted molar refractivity (Wildman–Crippen MR) is 115 cm³/mol. The van der Waals surface area contributed by atoms with Gasteiger partial charge in [-0.15, -0.1) is 0 Å². The third-order valence-corrected chi connectivity index (χ3v) is 7.66. The van der Waals surface area contributed by atoms with E-state index in [1.807, 2.05) is 0 Å². The van der Waals surface area contributed by atoms with Gasteiger partial charge in [0.2, 0.25) is 0 Å². The van der Waals surface area contributed by atoms with Crippen LogP contribution in [0.1, 0.15) is 114 Å². The summed E-state index contributed by atoms with van der Waals surface area (Å²) in [5, 5.41) is 0. The highest BCUT2D eigenvalue weighted by Gasteiger charge is 2.31. The summed E-state index contributed by atoms with van der Waals surface area (Å²) < 4.78 is 0. The van der Waals surface area contributed by atoms with Crippen LogP contribution in [-0.2, 0) is 6.42 Å². The minimum atomic E-state index is 0.840. The standard InChI is InChI=1S/C26H42/c1-3-5-6-7-8-22-11-15-24(16-12-22)26-19-17-25(18-20-26)23-13-9-21(4-2)10-14-23/h9-10,13-14,22,24-26H,3-8,11-12,15-20H2,1-2H3/t22-,24-,25-,26-. The highest BCUT2D eigenvalue weighted by atomic mass is 14.4. The van der Waals surface area contributed by atoms with E-state index < -0.39 is 0 Å². The van der Waals surface area contributed by atoms with Crippen LogP contribution in [0.3, 0.4) is 0 Å². The first kappa shape index (κ1) is 20.0. The summed E-state index contributed by atoms with van der Waals surface area (Å²) in [7, 11) is 0. The van der Waals surface area contributed by atoms with Gasteiger partial charge in [0, 0.05) is 0 Å². The lowest BCUT2D eigenvalue weighted by molar-refractivity contribution is 0.155. The normalized spacial score (nSPS) is 29.6. The van der Waals surface area contributed by atoms with E-state index in [9.17, 15) is 0 Å². The van der Waals surface area contributed by atoms with Gasteiger partial charge in [0.15, 0.2) is 0 Å². The van der Waals surface area contributed by atoms with Crippen molar-refractivity contribution in [3.8, 4) is 0 Å². The van der Waals surface area contributed by atoms with Gasteiger partial charge < -0.3 is 0 Å². The van der Waals surface area contributed by atoms with Crippen LogP contribution in [0, 0.1) is 17.8 Å². The Morgan fingerprint density at radius 3 is 1.88 bits per heavy atom. The van der Waals surface area contributed by atoms with E-state index in [2.05, 4.69) is 38.1 Å². The number of hydrogen-bond donors (Lipinski definition) is 0. The lowest BCUT2D eigenvalue weighted by Gasteiger charge is -2.38. The van der Waals surface area contributed by atoms with Crippen molar-refractivity contribution < 1.29 is 0 Å². The second kappa shape index (κ2) is 10.5. The molecule has 0 aliphatic heterocycles. The Morgan fingerprint density at radius 2 is 1.31 bits per heavy atom. The SMILES string of the molecule is CCCCCC[C@H]1CC[C@H]([C@H]2CC[C@H](c3ccc(CC)cc3)CC2)CC1. The largest absolute Gasteiger partial charge is 0.0654 e. The van der Waals surface area contributed by atoms with Crippen LogP contribution < -0.4 is 0 Å². The molecule has 0 radical (unpaired) electrons. The van der Waals surface area contributed by atoms with E-state index in [-0.39, 0.29) is 0 Å². The van der Waals surface area contributed by atoms with Crippen LogP contribution in [0.15, 0.2) is 24.3 Å². The first-order valence-corrected chi connectivity index (χ1v) is 11.9. The van der Waals surface area contributed by atoms with Gasteiger partial charge in [-0.25, -0.2) is 0 Å². The average Bonchev–Trinajstić information content (AvgIpc) is 2.72. The molecule has 26 heavy (non-hydrogen) atoms. The van der Waals surface area contributed by atoms with Crippen molar-refractivity contribution in [2.75, 3.05) is 0 Å². The Hall–Kier alpha value is -0.780. The van der Waals surface area contributed by atoms with Gasteiger partial charge in [-0.2, -0.15) is 0 Å². The predicted octanol–water partition coefficient (Wildman–Crippen LogP) is 8.30. The fraction of sp³-hybridized carbons (Fsp3) is 0.769. The van der Waals surface area contributed by atoms with Crippen molar-refractivity contribution in [2.24, 2.45) is 17.8 Å². The molecule has 2 aliphatic rings. The van der Waals surface area contributed by atoms with Crippen molar-refractivity contribution in [3.05, 3.63) is 35.4 Å². The van der Waals surface area contributed by atoms with Gasteiger partial charge in [0.1, 0.15) is 0 Å². The molecule has 0 saturated heterocycles. The van der Waals surface area contributed by atoms with Crippen molar-refractivity contribution in [1.82, 2.24) is 0 Å². The van der Waals surface area contributed by atoms with E-state index >= 15 is 0 Å². The van der Waals surface area contributed by atoms with Crippen molar-refractivity contribution in [3.63, 3.8) is 0 Å². The zero-order valence-electron chi connectivity index (χ0n) is 17.5. The Labute approximate surface area is 163 Å². The molecule has 0 amide bonds. The van der Waals surface area contributed by atoms with E-state index in [4.69, 9.17) is 0 Å². The lowest BCUT2D eigenvalue weighted by Crippen LogP contribution is -2.25. The molecule has 0 unspecified atom stereocenters. The van der Waals surface area contributed by atoms with Crippen LogP contribution in [-0.4, -0.2) is 0 Å². The van der Waals surface area contributed by atoms with Crippen LogP contribution in [0.25, 0.3) is 0 Å². The van der Waals surface area contributed by atoms with Crippen molar-refractivity contribution in [1.29, 1.82) is 0 Å². The number of unbranched alkanes of at least 4 members (excludes halogenated alkanes) is 3. The molecule has 2 aliphatic carbocycles. The monoisotopic (exact) mass is 354 g/mol. The molecule has 0 spiro atoms. The molecular formula is C26H42. The van der Waals surface area contributed by atoms with Crippen molar-refractivity contribution in [2.45, 2.75) is 110 Å². The lowest BCUT2D eigenvalue weighted by atomic mass is 9.68. The second-order valence-electron chi connectivity index (χ2n) is 9.34. The van der Waals surface area contributed by atoms with E-state index in [0.29, 0.717) is 0 Å². The van der Waals surface area contributed by atoms with E-state index in [0.717, 1.165) is 30.1 Å². The first-order chi connectivity index (χ1) is 12.8. The minimum absolute atomic E-state index is 0.840. The Morgan fingerprint density at radius 1 is 0.692 bits per heavy atom. The topological polar surface area (TPSA) is 0 Å². The van der Waals surface area contributed by atoms with Gasteiger partial charge in [-0.1, -0.05) is 83.1 Å². The van der Waals surface area contributed by atoms with E-state index in [1.165, 1.54) is 76.2 Å². The van der Waals surface area contributed by atoms with Gasteiger partial charge in [0.05, 0.1) is 0 Å². The molecule has 0 heterocycles. The average molecular weight is 355 g/mol. The molecule has 1 aromatic carbocycles. The Kier molecular flexibility index (Phi) is 8.08. The summed E-state index contributed by atoms with van der Waals surface area (Å²) in [5.41, 5.74) is 3.09. The molecule has 2 fully saturated rings. The molecule has 0 N–H and O–H groups in total. The number of rotatable bonds is 8. The second-order valence-corrected chi connectivity index (χ2v) is 9.34. The molecule has 1 aromatic rings. The first-order valence-electron chi connectivity index (χ1n) is 11.9. The summed E-state index contributed by atoms with van der Waals surface area (Å²) >= 11 is 0. The van der Waals surface area contributed by atoms with Crippen molar-refractivity contribution >= 4 is 0 Å². The molecule has 0 nitrogen and oxygen atoms in total. The zero-order valence-corrected chi connectivity index (χ0v) is 17.5. The molecule has 0 atom stereocenters. The molecule has 0 aromatic heterocycles. The smallest absolute Gasteiger partial charge is 0.0162 e. The van der Waals surface area contributed by atoms with Crippen LogP contribution in [0.2, 0.25) is 0 Å². The quantitative estimate of drug-likeness (QED) is 0.412. The molecule has 0 bridgehead atoms. The van der Waals surface area contributed by atoms with Gasteiger partial charge in [-0.05, 0) is 79.7 Å². The summed E-state index contributed by atoms with van der Waals surface area (Å²) in [5.74, 6) is 4.01. The summed E-state index contributed by atoms with van der Waals surface area (Å²) in [4.78, 5) is 0. The van der Waals surface area contributed by atoms with Gasteiger partial charge in [-0.3, -0.25) is 0 Å². The third-order valence-electron chi connectivity index (χ3n) is 7.66. The summed E-state index contributed by atoms with van der Waals surface area (Å²) in [6.45, 7) is 4.57. The molecular weight excluding hydrogens is 312 g/mol. The fourth-order valence-corrected chi connectivity index (χ4v) is 5.76. The van der Waals surface area contributed by atoms with E-state index in [1.54, 1.807) is 18.4 Å². The minimum Gasteiger partial charge on any atom is -0.0654 e. The highest BCUT2D eigenvalue weighted by Crippen LogP contribution is 2.44. The number of benzene rings is 1. The molecule has 0 heteroatoms. The maximum absolute atomic E-state index is 2.41. The Bertz CT molecular complexity index is 483. The fourth-order valence-electron chi connectivity index (χ4n) is 5.76. The third kappa shape index (κ3) is 5.61. The maximum atomic E-state index is 2.41. The van der Waals surface area contributed by atoms with Gasteiger partial charge >= 0.3 is 0 Å². The zero-order chi connectivity index (χ0) is 18.2. The molecule has 146 valence electrons. The summed E-state index contributed by atoms with van der Waals surface area (Å²) in [6, 6.07) is 9.52. The number of hydrogen-bond acceptors (Lipinski definition) is 0. The molecule has 2 saturated carbocycles. The van der Waals surface area contributed by atoms with Crippen LogP contribution in [0.4, 0.5) is 0 Å². The highest BCUT2D eigenvalue weighted by molar-refractivity contribution is 5.25. The maximum Gasteiger partial charge on any atom is -0.0162 e. The summed E-state index contributed by atoms with van der Waals surface area (Å²) in [6.07, 6.45) is 20.5. The van der Waals surface area contributed by atoms with Gasteiger partial charge in [0.25, 0.3) is 0 Å². The number of aryl methyl sites for hydroxylation is 1. The molecule has 3 rings (SSSR count). The Balaban J connectivity index is 1.37.